The summed E-state index contributed by atoms with van der Waals surface area (Å²) in [5.74, 6) is -1.03. The van der Waals surface area contributed by atoms with Crippen LogP contribution in [0.25, 0.3) is 0 Å². The van der Waals surface area contributed by atoms with Crippen LogP contribution in [0.1, 0.15) is 27.6 Å². The van der Waals surface area contributed by atoms with Crippen molar-refractivity contribution in [2.75, 3.05) is 13.7 Å². The molecular weight excluding hydrogens is 408 g/mol. The molecule has 31 heavy (non-hydrogen) atoms. The lowest BCUT2D eigenvalue weighted by Crippen LogP contribution is -2.57. The van der Waals surface area contributed by atoms with E-state index in [2.05, 4.69) is 0 Å². The van der Waals surface area contributed by atoms with Gasteiger partial charge in [0.2, 0.25) is 0 Å². The first-order chi connectivity index (χ1) is 14.8. The van der Waals surface area contributed by atoms with Crippen molar-refractivity contribution in [3.63, 3.8) is 0 Å². The third-order valence-corrected chi connectivity index (χ3v) is 4.94. The predicted molar refractivity (Wildman–Crippen MR) is 107 cm³/mol. The second-order valence-corrected chi connectivity index (χ2v) is 7.07. The third kappa shape index (κ3) is 5.20. The maximum absolute atomic E-state index is 12.4. The van der Waals surface area contributed by atoms with E-state index in [0.717, 1.165) is 0 Å². The summed E-state index contributed by atoms with van der Waals surface area (Å²) in [6.45, 7) is 1.20. The highest BCUT2D eigenvalue weighted by atomic mass is 16.6. The summed E-state index contributed by atoms with van der Waals surface area (Å²) >= 11 is 0. The quantitative estimate of drug-likeness (QED) is 0.451. The molecule has 0 amide bonds. The van der Waals surface area contributed by atoms with Crippen LogP contribution in [0.5, 0.6) is 11.5 Å². The van der Waals surface area contributed by atoms with Gasteiger partial charge in [-0.3, -0.25) is 0 Å². The van der Waals surface area contributed by atoms with Crippen molar-refractivity contribution in [3.8, 4) is 11.5 Å². The molecular formula is C22H24O9. The molecule has 3 N–H and O–H groups in total. The molecule has 0 aromatic heterocycles. The number of methoxy groups -OCH3 is 1. The average molecular weight is 432 g/mol. The first-order valence-corrected chi connectivity index (χ1v) is 9.64. The Hall–Kier alpha value is -2.98. The fourth-order valence-corrected chi connectivity index (χ4v) is 3.13. The molecule has 5 atom stereocenters. The molecule has 166 valence electrons. The minimum atomic E-state index is -1.41. The first-order valence-electron chi connectivity index (χ1n) is 9.64. The highest BCUT2D eigenvalue weighted by molar-refractivity contribution is 5.92. The van der Waals surface area contributed by atoms with Gasteiger partial charge in [0, 0.05) is 0 Å². The molecule has 1 unspecified atom stereocenters. The Morgan fingerprint density at radius 2 is 1.61 bits per heavy atom. The maximum atomic E-state index is 12.4. The van der Waals surface area contributed by atoms with Crippen LogP contribution >= 0.6 is 0 Å². The van der Waals surface area contributed by atoms with Gasteiger partial charge in [-0.25, -0.2) is 9.59 Å². The van der Waals surface area contributed by atoms with E-state index in [1.165, 1.54) is 32.2 Å². The van der Waals surface area contributed by atoms with E-state index in [1.54, 1.807) is 30.3 Å². The lowest BCUT2D eigenvalue weighted by molar-refractivity contribution is -0.224. The number of hydrogen-bond acceptors (Lipinski definition) is 9. The van der Waals surface area contributed by atoms with Crippen LogP contribution in [-0.2, 0) is 9.47 Å². The van der Waals surface area contributed by atoms with Crippen LogP contribution in [0.4, 0.5) is 0 Å². The van der Waals surface area contributed by atoms with Crippen LogP contribution < -0.4 is 9.47 Å². The van der Waals surface area contributed by atoms with Gasteiger partial charge in [-0.05, 0) is 37.3 Å². The van der Waals surface area contributed by atoms with E-state index < -0.39 is 42.5 Å². The number of benzene rings is 2. The first kappa shape index (κ1) is 22.7. The van der Waals surface area contributed by atoms with E-state index >= 15 is 0 Å². The standard InChI is InChI=1S/C22H24O9/c1-12-18(23)20(25)19(24)17(30-12)11-29-21(26)14-8-9-15(16(10-14)28-2)31-22(27)13-6-4-3-5-7-13/h3-10,12,17-20,23-25H,11H2,1-2H3/t12?,17-,18+,19-,20-/m1/s1. The number of carbonyl (C=O) groups is 2. The number of aliphatic hydroxyl groups is 3. The Balaban J connectivity index is 1.65. The van der Waals surface area contributed by atoms with Crippen molar-refractivity contribution in [2.24, 2.45) is 0 Å². The lowest BCUT2D eigenvalue weighted by Gasteiger charge is -2.38. The Bertz CT molecular complexity index is 914. The van der Waals surface area contributed by atoms with Gasteiger partial charge in [-0.1, -0.05) is 18.2 Å². The van der Waals surface area contributed by atoms with Crippen molar-refractivity contribution < 1.29 is 43.9 Å². The molecule has 0 bridgehead atoms. The van der Waals surface area contributed by atoms with Gasteiger partial charge in [0.05, 0.1) is 24.3 Å². The zero-order chi connectivity index (χ0) is 22.5. The monoisotopic (exact) mass is 432 g/mol. The van der Waals surface area contributed by atoms with E-state index in [1.807, 2.05) is 0 Å². The van der Waals surface area contributed by atoms with Crippen LogP contribution in [0, 0.1) is 0 Å². The van der Waals surface area contributed by atoms with Gasteiger partial charge in [-0.15, -0.1) is 0 Å². The van der Waals surface area contributed by atoms with E-state index in [9.17, 15) is 24.9 Å². The number of rotatable bonds is 6. The topological polar surface area (TPSA) is 132 Å². The molecule has 0 radical (unpaired) electrons. The predicted octanol–water partition coefficient (Wildman–Crippen LogP) is 0.941. The van der Waals surface area contributed by atoms with Crippen molar-refractivity contribution in [1.29, 1.82) is 0 Å². The van der Waals surface area contributed by atoms with E-state index in [0.29, 0.717) is 5.56 Å². The molecule has 0 saturated carbocycles. The second-order valence-electron chi connectivity index (χ2n) is 7.07. The molecule has 1 aliphatic heterocycles. The summed E-state index contributed by atoms with van der Waals surface area (Å²) in [4.78, 5) is 24.7. The van der Waals surface area contributed by atoms with Gasteiger partial charge in [0.15, 0.2) is 11.5 Å². The molecule has 1 aliphatic rings. The summed E-state index contributed by atoms with van der Waals surface area (Å²) in [7, 11) is 1.37. The van der Waals surface area contributed by atoms with Gasteiger partial charge < -0.3 is 34.3 Å². The summed E-state index contributed by atoms with van der Waals surface area (Å²) in [5, 5.41) is 29.6. The number of esters is 2. The molecule has 1 heterocycles. The van der Waals surface area contributed by atoms with Crippen LogP contribution in [-0.4, -0.2) is 71.5 Å². The van der Waals surface area contributed by atoms with Gasteiger partial charge in [0.1, 0.15) is 31.0 Å². The highest BCUT2D eigenvalue weighted by Gasteiger charge is 2.42. The molecule has 3 rings (SSSR count). The summed E-state index contributed by atoms with van der Waals surface area (Å²) < 4.78 is 21.1. The van der Waals surface area contributed by atoms with Crippen molar-refractivity contribution >= 4 is 11.9 Å². The Labute approximate surface area is 178 Å². The van der Waals surface area contributed by atoms with Crippen molar-refractivity contribution in [1.82, 2.24) is 0 Å². The van der Waals surface area contributed by atoms with Crippen LogP contribution in [0.15, 0.2) is 48.5 Å². The van der Waals surface area contributed by atoms with E-state index in [4.69, 9.17) is 18.9 Å². The summed E-state index contributed by atoms with van der Waals surface area (Å²) in [6, 6.07) is 12.6. The van der Waals surface area contributed by atoms with E-state index in [-0.39, 0.29) is 23.7 Å². The fourth-order valence-electron chi connectivity index (χ4n) is 3.13. The smallest absolute Gasteiger partial charge is 0.343 e. The average Bonchev–Trinajstić information content (AvgIpc) is 2.79. The SMILES string of the molecule is COc1cc(C(=O)OC[C@H]2OC(C)[C@H](O)[C@@H](O)[C@@H]2O)ccc1OC(=O)c1ccccc1. The molecule has 9 heteroatoms. The molecule has 1 fully saturated rings. The summed E-state index contributed by atoms with van der Waals surface area (Å²) in [5.41, 5.74) is 0.482. The minimum absolute atomic E-state index is 0.121. The van der Waals surface area contributed by atoms with Crippen LogP contribution in [0.3, 0.4) is 0 Å². The highest BCUT2D eigenvalue weighted by Crippen LogP contribution is 2.29. The molecule has 0 spiro atoms. The van der Waals surface area contributed by atoms with Crippen molar-refractivity contribution in [2.45, 2.75) is 37.4 Å². The zero-order valence-electron chi connectivity index (χ0n) is 17.0. The van der Waals surface area contributed by atoms with Crippen molar-refractivity contribution in [3.05, 3.63) is 59.7 Å². The Morgan fingerprint density at radius 1 is 0.903 bits per heavy atom. The van der Waals surface area contributed by atoms with Gasteiger partial charge in [-0.2, -0.15) is 0 Å². The minimum Gasteiger partial charge on any atom is -0.493 e. The number of carbonyl (C=O) groups excluding carboxylic acids is 2. The molecule has 1 saturated heterocycles. The Morgan fingerprint density at radius 3 is 2.29 bits per heavy atom. The number of ether oxygens (including phenoxy) is 4. The Kier molecular flexibility index (Phi) is 7.24. The maximum Gasteiger partial charge on any atom is 0.343 e. The fraction of sp³-hybridized carbons (Fsp3) is 0.364. The third-order valence-electron chi connectivity index (χ3n) is 4.94. The largest absolute Gasteiger partial charge is 0.493 e. The van der Waals surface area contributed by atoms with Crippen LogP contribution in [0.2, 0.25) is 0 Å². The normalized spacial score (nSPS) is 25.5. The second kappa shape index (κ2) is 9.88. The lowest BCUT2D eigenvalue weighted by atomic mass is 9.96. The summed E-state index contributed by atoms with van der Waals surface area (Å²) in [6.07, 6.45) is -5.79. The molecule has 0 aliphatic carbocycles. The molecule has 2 aromatic carbocycles. The zero-order valence-corrected chi connectivity index (χ0v) is 17.0. The van der Waals surface area contributed by atoms with Gasteiger partial charge >= 0.3 is 11.9 Å². The molecule has 9 nitrogen and oxygen atoms in total. The number of hydrogen-bond donors (Lipinski definition) is 3. The van der Waals surface area contributed by atoms with Gasteiger partial charge in [0.25, 0.3) is 0 Å². The molecule has 2 aromatic rings. The number of aliphatic hydroxyl groups excluding tert-OH is 3.